The Morgan fingerprint density at radius 3 is 2.64 bits per heavy atom. The van der Waals surface area contributed by atoms with Gasteiger partial charge in [-0.25, -0.2) is 13.1 Å². The maximum Gasteiger partial charge on any atom is 0.241 e. The quantitative estimate of drug-likeness (QED) is 0.758. The average molecular weight is 328 g/mol. The van der Waals surface area contributed by atoms with E-state index in [1.165, 1.54) is 18.2 Å². The Hall–Kier alpha value is -1.80. The maximum absolute atomic E-state index is 12.3. The van der Waals surface area contributed by atoms with Gasteiger partial charge in [-0.15, -0.1) is 0 Å². The van der Waals surface area contributed by atoms with Crippen LogP contribution >= 0.6 is 0 Å². The number of unbranched alkanes of at least 4 members (excludes halogenated alkanes) is 1. The van der Waals surface area contributed by atoms with E-state index in [0.29, 0.717) is 31.1 Å². The van der Waals surface area contributed by atoms with Crippen molar-refractivity contribution in [3.63, 3.8) is 0 Å². The minimum Gasteiger partial charge on any atom is -0.548 e. The summed E-state index contributed by atoms with van der Waals surface area (Å²) < 4.78 is 37.4. The first-order chi connectivity index (χ1) is 10.4. The van der Waals surface area contributed by atoms with Gasteiger partial charge in [0, 0.05) is 6.07 Å². The predicted octanol–water partition coefficient (Wildman–Crippen LogP) is 0.0448. The van der Waals surface area contributed by atoms with E-state index in [1.54, 1.807) is 0 Å². The summed E-state index contributed by atoms with van der Waals surface area (Å²) in [7, 11) is -3.97. The number of sulfonamides is 1. The van der Waals surface area contributed by atoms with E-state index in [-0.39, 0.29) is 11.3 Å². The van der Waals surface area contributed by atoms with Crippen molar-refractivity contribution in [3.8, 4) is 11.5 Å². The van der Waals surface area contributed by atoms with E-state index < -0.39 is 22.0 Å². The highest BCUT2D eigenvalue weighted by Gasteiger charge is 2.23. The van der Waals surface area contributed by atoms with Crippen LogP contribution in [0, 0.1) is 0 Å². The Kier molecular flexibility index (Phi) is 5.25. The molecule has 1 aromatic carbocycles. The lowest BCUT2D eigenvalue weighted by molar-refractivity contribution is -0.308. The van der Waals surface area contributed by atoms with Crippen LogP contribution in [0.2, 0.25) is 0 Å². The zero-order valence-corrected chi connectivity index (χ0v) is 13.0. The van der Waals surface area contributed by atoms with Gasteiger partial charge in [0.25, 0.3) is 0 Å². The molecular weight excluding hydrogens is 310 g/mol. The largest absolute Gasteiger partial charge is 0.548 e. The lowest BCUT2D eigenvalue weighted by Crippen LogP contribution is -2.47. The van der Waals surface area contributed by atoms with Crippen LogP contribution in [-0.4, -0.2) is 33.6 Å². The summed E-state index contributed by atoms with van der Waals surface area (Å²) in [6, 6.07) is 2.91. The number of aliphatic carboxylic acids is 1. The fourth-order valence-electron chi connectivity index (χ4n) is 2.08. The van der Waals surface area contributed by atoms with E-state index >= 15 is 0 Å². The van der Waals surface area contributed by atoms with Gasteiger partial charge in [0.2, 0.25) is 10.0 Å². The van der Waals surface area contributed by atoms with E-state index in [0.717, 1.165) is 6.42 Å². The van der Waals surface area contributed by atoms with Crippen molar-refractivity contribution in [2.45, 2.75) is 37.1 Å². The third-order valence-corrected chi connectivity index (χ3v) is 4.72. The average Bonchev–Trinajstić information content (AvgIpc) is 2.50. The molecule has 2 rings (SSSR count). The van der Waals surface area contributed by atoms with E-state index in [4.69, 9.17) is 9.47 Å². The molecule has 1 N–H and O–H groups in total. The molecule has 1 heterocycles. The number of carboxylic acids is 1. The molecule has 1 aromatic rings. The number of hydrogen-bond donors (Lipinski definition) is 1. The molecule has 0 spiro atoms. The van der Waals surface area contributed by atoms with Crippen molar-refractivity contribution in [2.24, 2.45) is 0 Å². The van der Waals surface area contributed by atoms with Crippen LogP contribution in [0.5, 0.6) is 11.5 Å². The number of nitrogens with one attached hydrogen (secondary N) is 1. The molecule has 22 heavy (non-hydrogen) atoms. The van der Waals surface area contributed by atoms with Crippen LogP contribution in [-0.2, 0) is 14.8 Å². The predicted molar refractivity (Wildman–Crippen MR) is 76.1 cm³/mol. The van der Waals surface area contributed by atoms with Crippen molar-refractivity contribution in [1.82, 2.24) is 4.72 Å². The van der Waals surface area contributed by atoms with Gasteiger partial charge < -0.3 is 19.4 Å². The standard InChI is InChI=1S/C14H19NO6S/c1-2-3-4-11(14(16)17)15-22(18,19)10-5-6-12-13(9-10)21-8-7-20-12/h5-6,9,11,15H,2-4,7-8H2,1H3,(H,16,17)/p-1/t11-/m1/s1. The summed E-state index contributed by atoms with van der Waals surface area (Å²) in [5, 5.41) is 11.1. The first kappa shape index (κ1) is 16.6. The lowest BCUT2D eigenvalue weighted by Gasteiger charge is -2.21. The smallest absolute Gasteiger partial charge is 0.241 e. The summed E-state index contributed by atoms with van der Waals surface area (Å²) in [4.78, 5) is 11.0. The lowest BCUT2D eigenvalue weighted by atomic mass is 10.1. The second kappa shape index (κ2) is 6.97. The van der Waals surface area contributed by atoms with Crippen molar-refractivity contribution in [1.29, 1.82) is 0 Å². The normalized spacial score (nSPS) is 15.3. The highest BCUT2D eigenvalue weighted by Crippen LogP contribution is 2.32. The van der Waals surface area contributed by atoms with Crippen molar-refractivity contribution in [3.05, 3.63) is 18.2 Å². The van der Waals surface area contributed by atoms with E-state index in [2.05, 4.69) is 4.72 Å². The van der Waals surface area contributed by atoms with Gasteiger partial charge in [-0.05, 0) is 18.6 Å². The highest BCUT2D eigenvalue weighted by atomic mass is 32.2. The van der Waals surface area contributed by atoms with Crippen LogP contribution in [0.1, 0.15) is 26.2 Å². The molecule has 1 atom stereocenters. The number of ether oxygens (including phenoxy) is 2. The van der Waals surface area contributed by atoms with Gasteiger partial charge in [0.1, 0.15) is 13.2 Å². The Bertz CT molecular complexity index is 643. The zero-order valence-electron chi connectivity index (χ0n) is 12.2. The van der Waals surface area contributed by atoms with Crippen LogP contribution in [0.25, 0.3) is 0 Å². The Labute approximate surface area is 129 Å². The topological polar surface area (TPSA) is 105 Å². The number of carboxylic acid groups (broad SMARTS) is 1. The van der Waals surface area contributed by atoms with Crippen LogP contribution < -0.4 is 19.3 Å². The number of carbonyl (C=O) groups excluding carboxylic acids is 1. The van der Waals surface area contributed by atoms with Crippen molar-refractivity contribution < 1.29 is 27.8 Å². The van der Waals surface area contributed by atoms with Gasteiger partial charge in [-0.2, -0.15) is 0 Å². The van der Waals surface area contributed by atoms with Crippen molar-refractivity contribution in [2.75, 3.05) is 13.2 Å². The molecule has 1 aliphatic rings. The molecule has 0 aromatic heterocycles. The molecular formula is C14H18NO6S-. The van der Waals surface area contributed by atoms with Crippen LogP contribution in [0.15, 0.2) is 23.1 Å². The van der Waals surface area contributed by atoms with Gasteiger partial charge in [-0.1, -0.05) is 19.8 Å². The molecule has 7 nitrogen and oxygen atoms in total. The minimum atomic E-state index is -3.97. The molecule has 0 bridgehead atoms. The van der Waals surface area contributed by atoms with E-state index in [9.17, 15) is 18.3 Å². The summed E-state index contributed by atoms with van der Waals surface area (Å²) in [5.74, 6) is -0.644. The van der Waals surface area contributed by atoms with Crippen LogP contribution in [0.3, 0.4) is 0 Å². The number of hydrogen-bond acceptors (Lipinski definition) is 6. The molecule has 0 amide bonds. The SMILES string of the molecule is CCCC[C@@H](NS(=O)(=O)c1ccc2c(c1)OCCO2)C(=O)[O-]. The second-order valence-electron chi connectivity index (χ2n) is 4.94. The molecule has 0 unspecified atom stereocenters. The summed E-state index contributed by atoms with van der Waals surface area (Å²) in [6.45, 7) is 2.63. The maximum atomic E-state index is 12.3. The number of rotatable bonds is 7. The molecule has 1 aliphatic heterocycles. The summed E-state index contributed by atoms with van der Waals surface area (Å²) in [5.41, 5.74) is 0. The third kappa shape index (κ3) is 3.89. The molecule has 0 radical (unpaired) electrons. The molecule has 122 valence electrons. The molecule has 8 heteroatoms. The zero-order chi connectivity index (χ0) is 16.2. The first-order valence-corrected chi connectivity index (χ1v) is 8.55. The summed E-state index contributed by atoms with van der Waals surface area (Å²) in [6.07, 6.45) is 1.53. The first-order valence-electron chi connectivity index (χ1n) is 7.07. The second-order valence-corrected chi connectivity index (χ2v) is 6.65. The number of benzene rings is 1. The Morgan fingerprint density at radius 1 is 1.32 bits per heavy atom. The van der Waals surface area contributed by atoms with Crippen molar-refractivity contribution >= 4 is 16.0 Å². The number of fused-ring (bicyclic) bond motifs is 1. The van der Waals surface area contributed by atoms with Gasteiger partial charge in [0.05, 0.1) is 16.9 Å². The minimum absolute atomic E-state index is 0.0699. The third-order valence-electron chi connectivity index (χ3n) is 3.25. The van der Waals surface area contributed by atoms with Crippen LogP contribution in [0.4, 0.5) is 0 Å². The Morgan fingerprint density at radius 2 is 2.00 bits per heavy atom. The fraction of sp³-hybridized carbons (Fsp3) is 0.500. The molecule has 0 saturated heterocycles. The van der Waals surface area contributed by atoms with Gasteiger partial charge in [-0.3, -0.25) is 0 Å². The van der Waals surface area contributed by atoms with Gasteiger partial charge >= 0.3 is 0 Å². The molecule has 0 saturated carbocycles. The Balaban J connectivity index is 2.20. The monoisotopic (exact) mass is 328 g/mol. The molecule has 0 aliphatic carbocycles. The number of carbonyl (C=O) groups is 1. The highest BCUT2D eigenvalue weighted by molar-refractivity contribution is 7.89. The fourth-order valence-corrected chi connectivity index (χ4v) is 3.31. The van der Waals surface area contributed by atoms with E-state index in [1.807, 2.05) is 6.92 Å². The van der Waals surface area contributed by atoms with Gasteiger partial charge in [0.15, 0.2) is 11.5 Å². The summed E-state index contributed by atoms with van der Waals surface area (Å²) >= 11 is 0. The molecule has 0 fully saturated rings.